The Hall–Kier alpha value is -3.46. The van der Waals surface area contributed by atoms with Crippen molar-refractivity contribution >= 4 is 11.5 Å². The lowest BCUT2D eigenvalue weighted by Gasteiger charge is -2.16. The predicted molar refractivity (Wildman–Crippen MR) is 113 cm³/mol. The summed E-state index contributed by atoms with van der Waals surface area (Å²) in [6.45, 7) is 1.83. The summed E-state index contributed by atoms with van der Waals surface area (Å²) >= 11 is 0. The zero-order valence-electron chi connectivity index (χ0n) is 17.0. The van der Waals surface area contributed by atoms with Gasteiger partial charge in [0, 0.05) is 29.1 Å². The van der Waals surface area contributed by atoms with Crippen LogP contribution in [0.25, 0.3) is 16.8 Å². The first-order chi connectivity index (χ1) is 15.0. The van der Waals surface area contributed by atoms with Gasteiger partial charge in [-0.25, -0.2) is 13.9 Å². The van der Waals surface area contributed by atoms with Crippen molar-refractivity contribution in [3.8, 4) is 16.9 Å². The standard InChI is InChI=1S/C22H23FN6O2/c1-13(16-9-15(23)5-6-19(16)30)26-21-7-8-28-22(27-21)17(11-25-28)14-10-24-29(12-14)18-3-2-4-20(18)31/h5-13,18,20,30-31H,2-4H2,1H3,(H,26,27). The second-order valence-electron chi connectivity index (χ2n) is 7.98. The quantitative estimate of drug-likeness (QED) is 0.454. The van der Waals surface area contributed by atoms with Crippen LogP contribution in [0.15, 0.2) is 49.1 Å². The van der Waals surface area contributed by atoms with Gasteiger partial charge in [-0.1, -0.05) is 0 Å². The average molecular weight is 422 g/mol. The summed E-state index contributed by atoms with van der Waals surface area (Å²) < 4.78 is 17.1. The molecule has 3 unspecified atom stereocenters. The maximum Gasteiger partial charge on any atom is 0.165 e. The molecule has 0 saturated heterocycles. The zero-order chi connectivity index (χ0) is 21.5. The minimum absolute atomic E-state index is 0.000528. The van der Waals surface area contributed by atoms with Crippen molar-refractivity contribution in [2.75, 3.05) is 5.32 Å². The van der Waals surface area contributed by atoms with Crippen molar-refractivity contribution < 1.29 is 14.6 Å². The number of halogens is 1. The molecule has 160 valence electrons. The Kier molecular flexibility index (Phi) is 4.82. The molecule has 1 aromatic carbocycles. The van der Waals surface area contributed by atoms with E-state index in [1.165, 1.54) is 18.2 Å². The molecule has 9 heteroatoms. The van der Waals surface area contributed by atoms with Crippen LogP contribution in [0.2, 0.25) is 0 Å². The van der Waals surface area contributed by atoms with Crippen molar-refractivity contribution in [1.29, 1.82) is 0 Å². The molecular formula is C22H23FN6O2. The molecule has 0 aliphatic heterocycles. The zero-order valence-corrected chi connectivity index (χ0v) is 17.0. The topological polar surface area (TPSA) is 100 Å². The smallest absolute Gasteiger partial charge is 0.165 e. The van der Waals surface area contributed by atoms with E-state index in [1.807, 2.05) is 17.8 Å². The predicted octanol–water partition coefficient (Wildman–Crippen LogP) is 3.70. The SMILES string of the molecule is CC(Nc1ccn2ncc(-c3cnn(C4CCCC4O)c3)c2n1)c1cc(F)ccc1O. The third-order valence-electron chi connectivity index (χ3n) is 5.89. The molecule has 1 saturated carbocycles. The number of nitrogens with one attached hydrogen (secondary N) is 1. The fraction of sp³-hybridized carbons (Fsp3) is 0.318. The van der Waals surface area contributed by atoms with Gasteiger partial charge >= 0.3 is 0 Å². The Balaban J connectivity index is 1.44. The van der Waals surface area contributed by atoms with Gasteiger partial charge in [-0.3, -0.25) is 4.68 Å². The maximum absolute atomic E-state index is 13.6. The molecule has 3 atom stereocenters. The largest absolute Gasteiger partial charge is 0.508 e. The highest BCUT2D eigenvalue weighted by molar-refractivity contribution is 5.76. The van der Waals surface area contributed by atoms with Crippen LogP contribution < -0.4 is 5.32 Å². The Morgan fingerprint density at radius 1 is 1.19 bits per heavy atom. The average Bonchev–Trinajstić information content (AvgIpc) is 3.48. The van der Waals surface area contributed by atoms with Crippen molar-refractivity contribution in [2.24, 2.45) is 0 Å². The molecule has 31 heavy (non-hydrogen) atoms. The second-order valence-corrected chi connectivity index (χ2v) is 7.98. The van der Waals surface area contributed by atoms with E-state index >= 15 is 0 Å². The Labute approximate surface area is 178 Å². The first-order valence-corrected chi connectivity index (χ1v) is 10.3. The molecule has 8 nitrogen and oxygen atoms in total. The van der Waals surface area contributed by atoms with E-state index in [0.717, 1.165) is 30.4 Å². The number of aromatic hydroxyl groups is 1. The van der Waals surface area contributed by atoms with Crippen LogP contribution in [0.3, 0.4) is 0 Å². The number of aliphatic hydroxyl groups excluding tert-OH is 1. The molecule has 3 N–H and O–H groups in total. The van der Waals surface area contributed by atoms with Gasteiger partial charge in [0.25, 0.3) is 0 Å². The highest BCUT2D eigenvalue weighted by Gasteiger charge is 2.27. The summed E-state index contributed by atoms with van der Waals surface area (Å²) in [6.07, 6.45) is 9.54. The van der Waals surface area contributed by atoms with Crippen LogP contribution in [-0.4, -0.2) is 40.7 Å². The molecule has 4 aromatic rings. The van der Waals surface area contributed by atoms with Crippen LogP contribution in [-0.2, 0) is 0 Å². The highest BCUT2D eigenvalue weighted by Crippen LogP contribution is 2.32. The van der Waals surface area contributed by atoms with E-state index < -0.39 is 5.82 Å². The molecule has 0 amide bonds. The number of nitrogens with zero attached hydrogens (tertiary/aromatic N) is 5. The number of phenols is 1. The van der Waals surface area contributed by atoms with Gasteiger partial charge in [-0.2, -0.15) is 10.2 Å². The lowest BCUT2D eigenvalue weighted by Crippen LogP contribution is -2.18. The summed E-state index contributed by atoms with van der Waals surface area (Å²) in [5, 5.41) is 32.3. The molecule has 1 aliphatic rings. The summed E-state index contributed by atoms with van der Waals surface area (Å²) in [5.41, 5.74) is 2.79. The van der Waals surface area contributed by atoms with Crippen molar-refractivity contribution in [1.82, 2.24) is 24.4 Å². The lowest BCUT2D eigenvalue weighted by atomic mass is 10.1. The van der Waals surface area contributed by atoms with Gasteiger partial charge < -0.3 is 15.5 Å². The van der Waals surface area contributed by atoms with Crippen LogP contribution in [0.5, 0.6) is 5.75 Å². The first kappa shape index (κ1) is 19.5. The number of rotatable bonds is 5. The summed E-state index contributed by atoms with van der Waals surface area (Å²) in [6, 6.07) is 5.28. The number of aliphatic hydroxyl groups is 1. The van der Waals surface area contributed by atoms with Crippen molar-refractivity contribution in [3.05, 3.63) is 60.4 Å². The Bertz CT molecular complexity index is 1240. The minimum atomic E-state index is -0.410. The fourth-order valence-electron chi connectivity index (χ4n) is 4.21. The van der Waals surface area contributed by atoms with E-state index in [2.05, 4.69) is 20.5 Å². The van der Waals surface area contributed by atoms with Gasteiger partial charge in [-0.15, -0.1) is 0 Å². The molecule has 5 rings (SSSR count). The molecule has 0 spiro atoms. The number of hydrogen-bond donors (Lipinski definition) is 3. The molecule has 3 aromatic heterocycles. The first-order valence-electron chi connectivity index (χ1n) is 10.3. The Morgan fingerprint density at radius 2 is 2.06 bits per heavy atom. The number of benzene rings is 1. The van der Waals surface area contributed by atoms with E-state index in [4.69, 9.17) is 0 Å². The maximum atomic E-state index is 13.6. The monoisotopic (exact) mass is 422 g/mol. The van der Waals surface area contributed by atoms with Gasteiger partial charge in [0.2, 0.25) is 0 Å². The van der Waals surface area contributed by atoms with Crippen molar-refractivity contribution in [3.63, 3.8) is 0 Å². The van der Waals surface area contributed by atoms with Gasteiger partial charge in [0.15, 0.2) is 5.65 Å². The summed E-state index contributed by atoms with van der Waals surface area (Å²) in [4.78, 5) is 4.68. The second kappa shape index (κ2) is 7.66. The number of aromatic nitrogens is 5. The number of phenolic OH excluding ortho intramolecular Hbond substituents is 1. The molecule has 0 radical (unpaired) electrons. The third-order valence-corrected chi connectivity index (χ3v) is 5.89. The van der Waals surface area contributed by atoms with E-state index in [0.29, 0.717) is 17.0 Å². The van der Waals surface area contributed by atoms with Gasteiger partial charge in [0.1, 0.15) is 17.4 Å². The number of fused-ring (bicyclic) bond motifs is 1. The molecule has 1 aliphatic carbocycles. The number of anilines is 1. The van der Waals surface area contributed by atoms with Gasteiger partial charge in [-0.05, 0) is 50.5 Å². The molecular weight excluding hydrogens is 399 g/mol. The molecule has 1 fully saturated rings. The van der Waals surface area contributed by atoms with E-state index in [-0.39, 0.29) is 23.9 Å². The fourth-order valence-corrected chi connectivity index (χ4v) is 4.21. The van der Waals surface area contributed by atoms with Crippen LogP contribution in [0.4, 0.5) is 10.2 Å². The van der Waals surface area contributed by atoms with Crippen LogP contribution in [0, 0.1) is 5.82 Å². The molecule has 0 bridgehead atoms. The van der Waals surface area contributed by atoms with Crippen LogP contribution >= 0.6 is 0 Å². The lowest BCUT2D eigenvalue weighted by molar-refractivity contribution is 0.130. The summed E-state index contributed by atoms with van der Waals surface area (Å²) in [7, 11) is 0. The third kappa shape index (κ3) is 3.61. The van der Waals surface area contributed by atoms with Crippen LogP contribution in [0.1, 0.15) is 43.8 Å². The number of hydrogen-bond acceptors (Lipinski definition) is 6. The summed E-state index contributed by atoms with van der Waals surface area (Å²) in [5.74, 6) is 0.186. The highest BCUT2D eigenvalue weighted by atomic mass is 19.1. The van der Waals surface area contributed by atoms with Crippen molar-refractivity contribution in [2.45, 2.75) is 44.4 Å². The van der Waals surface area contributed by atoms with E-state index in [9.17, 15) is 14.6 Å². The van der Waals surface area contributed by atoms with E-state index in [1.54, 1.807) is 29.2 Å². The molecule has 3 heterocycles. The van der Waals surface area contributed by atoms with Gasteiger partial charge in [0.05, 0.1) is 30.6 Å². The normalized spacial score (nSPS) is 19.7. The minimum Gasteiger partial charge on any atom is -0.508 e. The Morgan fingerprint density at radius 3 is 2.87 bits per heavy atom.